The Morgan fingerprint density at radius 2 is 1.82 bits per heavy atom. The van der Waals surface area contributed by atoms with Gasteiger partial charge in [0.25, 0.3) is 0 Å². The molecule has 0 saturated carbocycles. The molecule has 28 heavy (non-hydrogen) atoms. The monoisotopic (exact) mass is 379 g/mol. The first-order chi connectivity index (χ1) is 13.7. The van der Waals surface area contributed by atoms with Gasteiger partial charge in [0.2, 0.25) is 5.95 Å². The molecule has 0 unspecified atom stereocenters. The van der Waals surface area contributed by atoms with Gasteiger partial charge in [-0.2, -0.15) is 10.1 Å². The van der Waals surface area contributed by atoms with Gasteiger partial charge < -0.3 is 20.1 Å². The Kier molecular flexibility index (Phi) is 6.62. The summed E-state index contributed by atoms with van der Waals surface area (Å²) in [7, 11) is 3.26. The Bertz CT molecular complexity index is 917. The zero-order valence-electron chi connectivity index (χ0n) is 16.4. The summed E-state index contributed by atoms with van der Waals surface area (Å²) < 4.78 is 10.6. The van der Waals surface area contributed by atoms with E-state index < -0.39 is 0 Å². The highest BCUT2D eigenvalue weighted by molar-refractivity contribution is 5.60. The van der Waals surface area contributed by atoms with Crippen molar-refractivity contribution < 1.29 is 9.47 Å². The predicted molar refractivity (Wildman–Crippen MR) is 111 cm³/mol. The van der Waals surface area contributed by atoms with Crippen molar-refractivity contribution in [3.8, 4) is 11.5 Å². The molecule has 0 spiro atoms. The number of hydrogen-bond acceptors (Lipinski definition) is 7. The molecule has 7 heteroatoms. The summed E-state index contributed by atoms with van der Waals surface area (Å²) >= 11 is 0. The lowest BCUT2D eigenvalue weighted by Crippen LogP contribution is -2.10. The fraction of sp³-hybridized carbons (Fsp3) is 0.286. The van der Waals surface area contributed by atoms with Gasteiger partial charge >= 0.3 is 0 Å². The van der Waals surface area contributed by atoms with Gasteiger partial charge in [0.05, 0.1) is 20.4 Å². The molecule has 0 fully saturated rings. The van der Waals surface area contributed by atoms with Gasteiger partial charge in [-0.15, -0.1) is 5.10 Å². The number of nitrogens with one attached hydrogen (secondary N) is 2. The molecule has 0 amide bonds. The molecule has 0 aliphatic rings. The van der Waals surface area contributed by atoms with Gasteiger partial charge in [0.15, 0.2) is 17.3 Å². The SMILES string of the molecule is CCc1ccccc1Nc1cnnc(NCCc2ccc(OC)c(OC)c2)n1. The van der Waals surface area contributed by atoms with Gasteiger partial charge in [-0.3, -0.25) is 0 Å². The lowest BCUT2D eigenvalue weighted by Gasteiger charge is -2.11. The predicted octanol–water partition coefficient (Wildman–Crippen LogP) is 3.85. The number of para-hydroxylation sites is 1. The van der Waals surface area contributed by atoms with E-state index in [0.29, 0.717) is 18.3 Å². The summed E-state index contributed by atoms with van der Waals surface area (Å²) in [4.78, 5) is 4.50. The van der Waals surface area contributed by atoms with E-state index in [9.17, 15) is 0 Å². The van der Waals surface area contributed by atoms with Crippen LogP contribution in [-0.2, 0) is 12.8 Å². The minimum absolute atomic E-state index is 0.486. The van der Waals surface area contributed by atoms with Crippen molar-refractivity contribution in [1.82, 2.24) is 15.2 Å². The molecule has 146 valence electrons. The van der Waals surface area contributed by atoms with Crippen LogP contribution < -0.4 is 20.1 Å². The van der Waals surface area contributed by atoms with Crippen LogP contribution in [0.15, 0.2) is 48.7 Å². The first kappa shape index (κ1) is 19.4. The average molecular weight is 379 g/mol. The van der Waals surface area contributed by atoms with Crippen LogP contribution in [0.5, 0.6) is 11.5 Å². The number of benzene rings is 2. The number of ether oxygens (including phenoxy) is 2. The second-order valence-corrected chi connectivity index (χ2v) is 6.17. The molecule has 2 aromatic carbocycles. The molecule has 0 saturated heterocycles. The van der Waals surface area contributed by atoms with E-state index in [1.165, 1.54) is 5.56 Å². The number of aryl methyl sites for hydroxylation is 1. The van der Waals surface area contributed by atoms with E-state index in [-0.39, 0.29) is 0 Å². The van der Waals surface area contributed by atoms with Crippen LogP contribution in [0.25, 0.3) is 0 Å². The molecule has 0 bridgehead atoms. The minimum atomic E-state index is 0.486. The molecule has 3 rings (SSSR count). The molecule has 2 N–H and O–H groups in total. The average Bonchev–Trinajstić information content (AvgIpc) is 2.74. The number of rotatable bonds is 9. The number of nitrogens with zero attached hydrogens (tertiary/aromatic N) is 3. The molecule has 0 radical (unpaired) electrons. The zero-order valence-corrected chi connectivity index (χ0v) is 16.4. The summed E-state index contributed by atoms with van der Waals surface area (Å²) in [5, 5.41) is 14.6. The van der Waals surface area contributed by atoms with Crippen molar-refractivity contribution in [2.24, 2.45) is 0 Å². The van der Waals surface area contributed by atoms with E-state index in [1.807, 2.05) is 36.4 Å². The largest absolute Gasteiger partial charge is 0.493 e. The van der Waals surface area contributed by atoms with Gasteiger partial charge in [0, 0.05) is 12.2 Å². The summed E-state index contributed by atoms with van der Waals surface area (Å²) in [6, 6.07) is 14.1. The highest BCUT2D eigenvalue weighted by Gasteiger charge is 2.06. The molecule has 3 aromatic rings. The second-order valence-electron chi connectivity index (χ2n) is 6.17. The van der Waals surface area contributed by atoms with Crippen molar-refractivity contribution in [2.45, 2.75) is 19.8 Å². The maximum absolute atomic E-state index is 5.34. The number of anilines is 3. The molecule has 0 aliphatic carbocycles. The second kappa shape index (κ2) is 9.55. The molecule has 0 aliphatic heterocycles. The zero-order chi connectivity index (χ0) is 19.8. The third-order valence-electron chi connectivity index (χ3n) is 4.36. The Hall–Kier alpha value is -3.35. The van der Waals surface area contributed by atoms with Gasteiger partial charge in [-0.05, 0) is 42.2 Å². The van der Waals surface area contributed by atoms with Crippen LogP contribution in [0.3, 0.4) is 0 Å². The summed E-state index contributed by atoms with van der Waals surface area (Å²) in [6.07, 6.45) is 3.35. The van der Waals surface area contributed by atoms with E-state index in [0.717, 1.165) is 35.6 Å². The quantitative estimate of drug-likeness (QED) is 0.584. The molecule has 1 heterocycles. The molecule has 0 atom stereocenters. The Morgan fingerprint density at radius 1 is 1.00 bits per heavy atom. The van der Waals surface area contributed by atoms with Gasteiger partial charge in [0.1, 0.15) is 0 Å². The normalized spacial score (nSPS) is 10.4. The van der Waals surface area contributed by atoms with Crippen LogP contribution in [0.2, 0.25) is 0 Å². The Labute approximate surface area is 165 Å². The van der Waals surface area contributed by atoms with E-state index >= 15 is 0 Å². The van der Waals surface area contributed by atoms with Crippen LogP contribution in [0.1, 0.15) is 18.1 Å². The standard InChI is InChI=1S/C21H25N5O2/c1-4-16-7-5-6-8-17(16)24-20-14-23-26-21(25-20)22-12-11-15-9-10-18(27-2)19(13-15)28-3/h5-10,13-14H,4,11-12H2,1-3H3,(H2,22,24,25,26). The lowest BCUT2D eigenvalue weighted by atomic mass is 10.1. The van der Waals surface area contributed by atoms with Crippen molar-refractivity contribution in [3.05, 3.63) is 59.8 Å². The maximum Gasteiger partial charge on any atom is 0.244 e. The first-order valence-corrected chi connectivity index (χ1v) is 9.23. The van der Waals surface area contributed by atoms with Crippen molar-refractivity contribution in [3.63, 3.8) is 0 Å². The van der Waals surface area contributed by atoms with Crippen molar-refractivity contribution >= 4 is 17.5 Å². The minimum Gasteiger partial charge on any atom is -0.493 e. The molecular formula is C21H25N5O2. The third kappa shape index (κ3) is 4.88. The smallest absolute Gasteiger partial charge is 0.244 e. The van der Waals surface area contributed by atoms with Crippen LogP contribution >= 0.6 is 0 Å². The van der Waals surface area contributed by atoms with Gasteiger partial charge in [-0.1, -0.05) is 31.2 Å². The molecule has 1 aromatic heterocycles. The highest BCUT2D eigenvalue weighted by Crippen LogP contribution is 2.27. The Balaban J connectivity index is 1.61. The highest BCUT2D eigenvalue weighted by atomic mass is 16.5. The number of methoxy groups -OCH3 is 2. The van der Waals surface area contributed by atoms with E-state index in [2.05, 4.69) is 38.8 Å². The lowest BCUT2D eigenvalue weighted by molar-refractivity contribution is 0.354. The van der Waals surface area contributed by atoms with Crippen LogP contribution in [0.4, 0.5) is 17.5 Å². The van der Waals surface area contributed by atoms with Crippen molar-refractivity contribution in [1.29, 1.82) is 0 Å². The fourth-order valence-electron chi connectivity index (χ4n) is 2.88. The summed E-state index contributed by atoms with van der Waals surface area (Å²) in [5.41, 5.74) is 3.38. The Morgan fingerprint density at radius 3 is 2.61 bits per heavy atom. The van der Waals surface area contributed by atoms with E-state index in [1.54, 1.807) is 20.4 Å². The molecular weight excluding hydrogens is 354 g/mol. The van der Waals surface area contributed by atoms with Gasteiger partial charge in [-0.25, -0.2) is 0 Å². The van der Waals surface area contributed by atoms with Crippen LogP contribution in [0, 0.1) is 0 Å². The van der Waals surface area contributed by atoms with E-state index in [4.69, 9.17) is 9.47 Å². The van der Waals surface area contributed by atoms with Crippen molar-refractivity contribution in [2.75, 3.05) is 31.4 Å². The maximum atomic E-state index is 5.34. The summed E-state index contributed by atoms with van der Waals surface area (Å²) in [6.45, 7) is 2.80. The number of hydrogen-bond donors (Lipinski definition) is 2. The third-order valence-corrected chi connectivity index (χ3v) is 4.36. The van der Waals surface area contributed by atoms with Crippen LogP contribution in [-0.4, -0.2) is 35.9 Å². The topological polar surface area (TPSA) is 81.2 Å². The first-order valence-electron chi connectivity index (χ1n) is 9.23. The molecule has 7 nitrogen and oxygen atoms in total. The summed E-state index contributed by atoms with van der Waals surface area (Å²) in [5.74, 6) is 2.58. The number of aromatic nitrogens is 3. The fourth-order valence-corrected chi connectivity index (χ4v) is 2.88.